The van der Waals surface area contributed by atoms with Crippen LogP contribution in [0.1, 0.15) is 11.1 Å². The SMILES string of the molecule is CN1CC(=O)N2C(CN(Cc3ccc(Cl)cc3Cl)C(=O)[C@@H]2Cc2ccc(O)cc2)N1C=O. The second-order valence-electron chi connectivity index (χ2n) is 7.92. The lowest BCUT2D eigenvalue weighted by Crippen LogP contribution is -2.74. The van der Waals surface area contributed by atoms with Gasteiger partial charge in [0.1, 0.15) is 18.0 Å². The molecule has 10 heteroatoms. The molecule has 2 heterocycles. The fraction of sp³-hybridized carbons (Fsp3) is 0.318. The van der Waals surface area contributed by atoms with E-state index in [0.717, 1.165) is 11.1 Å². The van der Waals surface area contributed by atoms with E-state index in [0.29, 0.717) is 16.5 Å². The summed E-state index contributed by atoms with van der Waals surface area (Å²) in [6.45, 7) is 0.367. The maximum Gasteiger partial charge on any atom is 0.246 e. The number of aromatic hydroxyl groups is 1. The molecule has 168 valence electrons. The van der Waals surface area contributed by atoms with Gasteiger partial charge in [-0.1, -0.05) is 41.4 Å². The maximum atomic E-state index is 13.5. The van der Waals surface area contributed by atoms with Crippen LogP contribution in [0.5, 0.6) is 5.75 Å². The monoisotopic (exact) mass is 476 g/mol. The van der Waals surface area contributed by atoms with E-state index in [9.17, 15) is 19.5 Å². The van der Waals surface area contributed by atoms with Gasteiger partial charge >= 0.3 is 0 Å². The third-order valence-corrected chi connectivity index (χ3v) is 6.43. The number of benzene rings is 2. The van der Waals surface area contributed by atoms with Crippen molar-refractivity contribution >= 4 is 41.4 Å². The van der Waals surface area contributed by atoms with Crippen molar-refractivity contribution in [2.75, 3.05) is 20.1 Å². The first-order valence-corrected chi connectivity index (χ1v) is 10.8. The van der Waals surface area contributed by atoms with Gasteiger partial charge in [-0.15, -0.1) is 0 Å². The number of hydrazine groups is 1. The summed E-state index contributed by atoms with van der Waals surface area (Å²) in [7, 11) is 1.66. The van der Waals surface area contributed by atoms with Crippen LogP contribution in [-0.4, -0.2) is 75.5 Å². The summed E-state index contributed by atoms with van der Waals surface area (Å²) in [5.41, 5.74) is 1.50. The van der Waals surface area contributed by atoms with Gasteiger partial charge in [0.05, 0.1) is 13.1 Å². The minimum atomic E-state index is -0.798. The van der Waals surface area contributed by atoms with Crippen LogP contribution in [0.2, 0.25) is 10.0 Å². The van der Waals surface area contributed by atoms with E-state index in [4.69, 9.17) is 23.2 Å². The summed E-state index contributed by atoms with van der Waals surface area (Å²) >= 11 is 12.3. The molecule has 1 N–H and O–H groups in total. The van der Waals surface area contributed by atoms with E-state index in [2.05, 4.69) is 0 Å². The molecule has 0 radical (unpaired) electrons. The van der Waals surface area contributed by atoms with Crippen molar-refractivity contribution in [3.05, 3.63) is 63.6 Å². The zero-order valence-corrected chi connectivity index (χ0v) is 18.8. The zero-order chi connectivity index (χ0) is 23.0. The third kappa shape index (κ3) is 4.26. The van der Waals surface area contributed by atoms with Gasteiger partial charge in [-0.3, -0.25) is 19.4 Å². The van der Waals surface area contributed by atoms with E-state index in [1.807, 2.05) is 0 Å². The molecule has 8 nitrogen and oxygen atoms in total. The summed E-state index contributed by atoms with van der Waals surface area (Å²) in [5, 5.41) is 13.5. The van der Waals surface area contributed by atoms with Crippen molar-refractivity contribution in [1.29, 1.82) is 0 Å². The number of rotatable bonds is 5. The molecular weight excluding hydrogens is 455 g/mol. The number of nitrogens with zero attached hydrogens (tertiary/aromatic N) is 4. The number of amides is 3. The first kappa shape index (κ1) is 22.4. The normalized spacial score (nSPS) is 21.7. The summed E-state index contributed by atoms with van der Waals surface area (Å²) < 4.78 is 0. The zero-order valence-electron chi connectivity index (χ0n) is 17.3. The van der Waals surface area contributed by atoms with Crippen LogP contribution >= 0.6 is 23.2 Å². The van der Waals surface area contributed by atoms with Gasteiger partial charge in [-0.2, -0.15) is 0 Å². The van der Waals surface area contributed by atoms with Gasteiger partial charge in [0.2, 0.25) is 18.2 Å². The number of halogens is 2. The maximum absolute atomic E-state index is 13.5. The number of hydrogen-bond acceptors (Lipinski definition) is 5. The topological polar surface area (TPSA) is 84.4 Å². The minimum absolute atomic E-state index is 0.00237. The van der Waals surface area contributed by atoms with E-state index in [1.165, 1.54) is 22.0 Å². The Kier molecular flexibility index (Phi) is 6.28. The number of hydrogen-bond donors (Lipinski definition) is 1. The van der Waals surface area contributed by atoms with Crippen LogP contribution in [0.4, 0.5) is 0 Å². The Bertz CT molecular complexity index is 1050. The molecule has 0 aromatic heterocycles. The first-order valence-electron chi connectivity index (χ1n) is 10.0. The van der Waals surface area contributed by atoms with Crippen molar-refractivity contribution in [3.8, 4) is 5.75 Å². The molecule has 0 spiro atoms. The summed E-state index contributed by atoms with van der Waals surface area (Å²) in [5.74, 6) is -0.343. The number of fused-ring (bicyclic) bond motifs is 1. The molecule has 0 aliphatic carbocycles. The van der Waals surface area contributed by atoms with Crippen molar-refractivity contribution in [1.82, 2.24) is 19.8 Å². The molecular formula is C22H22Cl2N4O4. The number of phenols is 1. The molecule has 3 amide bonds. The Labute approximate surface area is 195 Å². The molecule has 0 bridgehead atoms. The third-order valence-electron chi connectivity index (χ3n) is 5.84. The van der Waals surface area contributed by atoms with E-state index in [1.54, 1.807) is 47.3 Å². The number of likely N-dealkylation sites (N-methyl/N-ethyl adjacent to an activating group) is 1. The van der Waals surface area contributed by atoms with E-state index in [-0.39, 0.29) is 43.6 Å². The largest absolute Gasteiger partial charge is 0.508 e. The molecule has 1 unspecified atom stereocenters. The Morgan fingerprint density at radius 1 is 1.12 bits per heavy atom. The highest BCUT2D eigenvalue weighted by atomic mass is 35.5. The highest BCUT2D eigenvalue weighted by molar-refractivity contribution is 6.35. The Balaban J connectivity index is 1.69. The van der Waals surface area contributed by atoms with Crippen molar-refractivity contribution in [2.45, 2.75) is 25.2 Å². The lowest BCUT2D eigenvalue weighted by Gasteiger charge is -2.53. The predicted octanol–water partition coefficient (Wildman–Crippen LogP) is 2.13. The number of piperazine rings is 1. The smallest absolute Gasteiger partial charge is 0.246 e. The lowest BCUT2D eigenvalue weighted by molar-refractivity contribution is -0.196. The Morgan fingerprint density at radius 2 is 1.84 bits per heavy atom. The quantitative estimate of drug-likeness (QED) is 0.668. The van der Waals surface area contributed by atoms with Gasteiger partial charge < -0.3 is 14.9 Å². The van der Waals surface area contributed by atoms with Gasteiger partial charge in [0.25, 0.3) is 0 Å². The highest BCUT2D eigenvalue weighted by Crippen LogP contribution is 2.29. The Hall–Kier alpha value is -2.81. The van der Waals surface area contributed by atoms with Gasteiger partial charge in [0.15, 0.2) is 0 Å². The molecule has 4 rings (SSSR count). The van der Waals surface area contributed by atoms with Crippen LogP contribution in [0, 0.1) is 0 Å². The molecule has 32 heavy (non-hydrogen) atoms. The fourth-order valence-electron chi connectivity index (χ4n) is 4.24. The van der Waals surface area contributed by atoms with Crippen molar-refractivity contribution in [2.24, 2.45) is 0 Å². The minimum Gasteiger partial charge on any atom is -0.508 e. The lowest BCUT2D eigenvalue weighted by atomic mass is 9.98. The second kappa shape index (κ2) is 8.97. The molecule has 2 aliphatic rings. The summed E-state index contributed by atoms with van der Waals surface area (Å²) in [6.07, 6.45) is 0.290. The standard InChI is InChI=1S/C22H22Cl2N4O4/c1-25-12-21(31)28-19(8-14-2-6-17(30)7-3-14)22(32)26(11-20(28)27(25)13-29)10-15-4-5-16(23)9-18(15)24/h2-7,9,13,19-20,30H,8,10-12H2,1H3/t19-,20?/m0/s1. The van der Waals surface area contributed by atoms with Gasteiger partial charge in [0, 0.05) is 30.1 Å². The number of phenolic OH excluding ortho intramolecular Hbond substituents is 1. The Morgan fingerprint density at radius 3 is 2.50 bits per heavy atom. The second-order valence-corrected chi connectivity index (χ2v) is 8.77. The first-order chi connectivity index (χ1) is 15.3. The highest BCUT2D eigenvalue weighted by Gasteiger charge is 2.49. The molecule has 0 saturated carbocycles. The predicted molar refractivity (Wildman–Crippen MR) is 119 cm³/mol. The van der Waals surface area contributed by atoms with Crippen LogP contribution < -0.4 is 0 Å². The van der Waals surface area contributed by atoms with Gasteiger partial charge in [-0.05, 0) is 35.4 Å². The van der Waals surface area contributed by atoms with Crippen LogP contribution in [0.25, 0.3) is 0 Å². The van der Waals surface area contributed by atoms with E-state index < -0.39 is 12.2 Å². The molecule has 2 saturated heterocycles. The van der Waals surface area contributed by atoms with Gasteiger partial charge in [-0.25, -0.2) is 5.01 Å². The molecule has 2 atom stereocenters. The van der Waals surface area contributed by atoms with Crippen molar-refractivity contribution in [3.63, 3.8) is 0 Å². The molecule has 2 fully saturated rings. The summed E-state index contributed by atoms with van der Waals surface area (Å²) in [6, 6.07) is 10.8. The number of carbonyl (C=O) groups is 3. The molecule has 2 aromatic rings. The molecule has 2 aromatic carbocycles. The van der Waals surface area contributed by atoms with E-state index >= 15 is 0 Å². The van der Waals surface area contributed by atoms with Crippen molar-refractivity contribution < 1.29 is 19.5 Å². The average Bonchev–Trinajstić information content (AvgIpc) is 2.74. The fourth-order valence-corrected chi connectivity index (χ4v) is 4.71. The number of carbonyl (C=O) groups excluding carboxylic acids is 3. The van der Waals surface area contributed by atoms with Crippen LogP contribution in [0.3, 0.4) is 0 Å². The average molecular weight is 477 g/mol. The summed E-state index contributed by atoms with van der Waals surface area (Å²) in [4.78, 5) is 41.5. The van der Waals surface area contributed by atoms with Crippen LogP contribution in [-0.2, 0) is 27.3 Å². The molecule has 2 aliphatic heterocycles. The van der Waals surface area contributed by atoms with Crippen LogP contribution in [0.15, 0.2) is 42.5 Å².